The quantitative estimate of drug-likeness (QED) is 0.884. The molecule has 1 aliphatic heterocycles. The second kappa shape index (κ2) is 5.14. The Morgan fingerprint density at radius 2 is 2.24 bits per heavy atom. The lowest BCUT2D eigenvalue weighted by Crippen LogP contribution is -2.35. The number of hydrogen-bond acceptors (Lipinski definition) is 5. The van der Waals surface area contributed by atoms with Gasteiger partial charge in [0, 0.05) is 11.1 Å². The Kier molecular flexibility index (Phi) is 3.44. The molecule has 0 spiro atoms. The molecule has 7 heteroatoms. The van der Waals surface area contributed by atoms with E-state index in [0.717, 1.165) is 35.9 Å². The summed E-state index contributed by atoms with van der Waals surface area (Å²) in [5, 5.41) is 3.83. The molecule has 0 fully saturated rings. The Bertz CT molecular complexity index is 725. The molecular weight excluding hydrogens is 292 g/mol. The van der Waals surface area contributed by atoms with Gasteiger partial charge in [-0.3, -0.25) is 4.79 Å². The third-order valence-electron chi connectivity index (χ3n) is 3.70. The summed E-state index contributed by atoms with van der Waals surface area (Å²) in [6, 6.07) is 1.30. The van der Waals surface area contributed by atoms with E-state index in [-0.39, 0.29) is 17.5 Å². The number of hydrogen-bond donors (Lipinski definition) is 1. The van der Waals surface area contributed by atoms with Gasteiger partial charge in [-0.15, -0.1) is 0 Å². The lowest BCUT2D eigenvalue weighted by atomic mass is 10.1. The van der Waals surface area contributed by atoms with Crippen molar-refractivity contribution < 1.29 is 17.9 Å². The molecular formula is C14H16N2O4S. The summed E-state index contributed by atoms with van der Waals surface area (Å²) < 4.78 is 27.9. The van der Waals surface area contributed by atoms with Gasteiger partial charge in [0.1, 0.15) is 5.56 Å². The van der Waals surface area contributed by atoms with E-state index in [1.807, 2.05) is 0 Å². The molecule has 0 unspecified atom stereocenters. The van der Waals surface area contributed by atoms with E-state index in [4.69, 9.17) is 4.74 Å². The average Bonchev–Trinajstić information content (AvgIpc) is 3.02. The number of amides is 1. The molecule has 1 amide bonds. The van der Waals surface area contributed by atoms with Crippen LogP contribution in [0.4, 0.5) is 0 Å². The van der Waals surface area contributed by atoms with Crippen LogP contribution in [0.25, 0.3) is 0 Å². The molecule has 21 heavy (non-hydrogen) atoms. The van der Waals surface area contributed by atoms with Crippen LogP contribution in [0.5, 0.6) is 5.88 Å². The maximum Gasteiger partial charge on any atom is 0.257 e. The van der Waals surface area contributed by atoms with Crippen molar-refractivity contribution in [3.05, 3.63) is 34.4 Å². The van der Waals surface area contributed by atoms with Crippen molar-refractivity contribution in [2.75, 3.05) is 12.9 Å². The number of carbonyl (C=O) groups is 1. The predicted molar refractivity (Wildman–Crippen MR) is 77.0 cm³/mol. The highest BCUT2D eigenvalue weighted by Crippen LogP contribution is 2.26. The van der Waals surface area contributed by atoms with Crippen LogP contribution in [0.15, 0.2) is 17.6 Å². The third-order valence-corrected chi connectivity index (χ3v) is 5.10. The SMILES string of the molecule is COc1nc2c(cc1C(=O)N[C@H]1C=CS(=O)(=O)C1)CCC2. The maximum atomic E-state index is 12.3. The second-order valence-corrected chi connectivity index (χ2v) is 7.17. The van der Waals surface area contributed by atoms with Crippen LogP contribution in [-0.4, -0.2) is 38.2 Å². The zero-order chi connectivity index (χ0) is 15.0. The average molecular weight is 308 g/mol. The third kappa shape index (κ3) is 2.78. The van der Waals surface area contributed by atoms with Gasteiger partial charge in [-0.25, -0.2) is 13.4 Å². The second-order valence-electron chi connectivity index (χ2n) is 5.24. The minimum Gasteiger partial charge on any atom is -0.480 e. The number of nitrogens with one attached hydrogen (secondary N) is 1. The fourth-order valence-corrected chi connectivity index (χ4v) is 3.92. The molecule has 1 aromatic rings. The molecule has 2 aliphatic rings. The number of aromatic nitrogens is 1. The van der Waals surface area contributed by atoms with Gasteiger partial charge in [0.05, 0.1) is 18.9 Å². The summed E-state index contributed by atoms with van der Waals surface area (Å²) >= 11 is 0. The van der Waals surface area contributed by atoms with Crippen LogP contribution in [-0.2, 0) is 22.7 Å². The minimum absolute atomic E-state index is 0.0978. The van der Waals surface area contributed by atoms with Crippen LogP contribution in [0.1, 0.15) is 28.0 Å². The van der Waals surface area contributed by atoms with Crippen LogP contribution in [0.2, 0.25) is 0 Å². The largest absolute Gasteiger partial charge is 0.480 e. The number of pyridine rings is 1. The summed E-state index contributed by atoms with van der Waals surface area (Å²) in [6.45, 7) is 0. The molecule has 3 rings (SSSR count). The van der Waals surface area contributed by atoms with Gasteiger partial charge >= 0.3 is 0 Å². The Labute approximate surface area is 123 Å². The first kappa shape index (κ1) is 14.1. The van der Waals surface area contributed by atoms with E-state index in [9.17, 15) is 13.2 Å². The molecule has 112 valence electrons. The number of fused-ring (bicyclic) bond motifs is 1. The van der Waals surface area contributed by atoms with E-state index >= 15 is 0 Å². The molecule has 0 saturated heterocycles. The first-order chi connectivity index (χ1) is 9.98. The molecule has 0 saturated carbocycles. The van der Waals surface area contributed by atoms with Gasteiger partial charge in [-0.05, 0) is 37.0 Å². The van der Waals surface area contributed by atoms with Crippen LogP contribution < -0.4 is 10.1 Å². The molecule has 0 aromatic carbocycles. The smallest absolute Gasteiger partial charge is 0.257 e. The number of methoxy groups -OCH3 is 1. The van der Waals surface area contributed by atoms with Gasteiger partial charge in [0.25, 0.3) is 5.91 Å². The Morgan fingerprint density at radius 1 is 1.43 bits per heavy atom. The first-order valence-corrected chi connectivity index (χ1v) is 8.48. The van der Waals surface area contributed by atoms with Gasteiger partial charge in [-0.1, -0.05) is 0 Å². The predicted octanol–water partition coefficient (Wildman–Crippen LogP) is 0.619. The van der Waals surface area contributed by atoms with Crippen molar-refractivity contribution in [2.45, 2.75) is 25.3 Å². The van der Waals surface area contributed by atoms with Crippen molar-refractivity contribution in [1.82, 2.24) is 10.3 Å². The topological polar surface area (TPSA) is 85.4 Å². The lowest BCUT2D eigenvalue weighted by molar-refractivity contribution is 0.0943. The van der Waals surface area contributed by atoms with E-state index in [1.54, 1.807) is 6.07 Å². The number of carbonyl (C=O) groups excluding carboxylic acids is 1. The van der Waals surface area contributed by atoms with Gasteiger partial charge in [0.15, 0.2) is 9.84 Å². The van der Waals surface area contributed by atoms with Crippen LogP contribution in [0.3, 0.4) is 0 Å². The summed E-state index contributed by atoms with van der Waals surface area (Å²) in [6.07, 6.45) is 4.32. The monoisotopic (exact) mass is 308 g/mol. The van der Waals surface area contributed by atoms with Crippen LogP contribution >= 0.6 is 0 Å². The number of ether oxygens (including phenoxy) is 1. The number of nitrogens with zero attached hydrogens (tertiary/aromatic N) is 1. The van der Waals surface area contributed by atoms with Crippen LogP contribution in [0, 0.1) is 0 Å². The summed E-state index contributed by atoms with van der Waals surface area (Å²) in [5.74, 6) is -0.168. The highest BCUT2D eigenvalue weighted by atomic mass is 32.2. The molecule has 1 aliphatic carbocycles. The Balaban J connectivity index is 1.83. The van der Waals surface area contributed by atoms with Crippen molar-refractivity contribution >= 4 is 15.7 Å². The Hall–Kier alpha value is -1.89. The zero-order valence-electron chi connectivity index (χ0n) is 11.6. The van der Waals surface area contributed by atoms with E-state index in [0.29, 0.717) is 5.56 Å². The molecule has 1 aromatic heterocycles. The number of rotatable bonds is 3. The van der Waals surface area contributed by atoms with Gasteiger partial charge in [0.2, 0.25) is 5.88 Å². The molecule has 1 atom stereocenters. The van der Waals surface area contributed by atoms with E-state index < -0.39 is 15.9 Å². The lowest BCUT2D eigenvalue weighted by Gasteiger charge is -2.13. The fourth-order valence-electron chi connectivity index (χ4n) is 2.68. The number of sulfone groups is 1. The maximum absolute atomic E-state index is 12.3. The van der Waals surface area contributed by atoms with Gasteiger partial charge in [-0.2, -0.15) is 0 Å². The number of aryl methyl sites for hydroxylation is 2. The normalized spacial score (nSPS) is 22.0. The van der Waals surface area contributed by atoms with Crippen molar-refractivity contribution in [2.24, 2.45) is 0 Å². The highest BCUT2D eigenvalue weighted by molar-refractivity contribution is 7.94. The van der Waals surface area contributed by atoms with Crippen molar-refractivity contribution in [1.29, 1.82) is 0 Å². The van der Waals surface area contributed by atoms with Crippen molar-refractivity contribution in [3.63, 3.8) is 0 Å². The zero-order valence-corrected chi connectivity index (χ0v) is 12.4. The molecule has 1 N–H and O–H groups in total. The summed E-state index contributed by atoms with van der Waals surface area (Å²) in [4.78, 5) is 16.7. The minimum atomic E-state index is -3.19. The van der Waals surface area contributed by atoms with E-state index in [1.165, 1.54) is 13.2 Å². The first-order valence-electron chi connectivity index (χ1n) is 6.77. The Morgan fingerprint density at radius 3 is 2.90 bits per heavy atom. The molecule has 6 nitrogen and oxygen atoms in total. The standard InChI is InChI=1S/C14H16N2O4S/c1-20-14-11(7-9-3-2-4-12(9)16-14)13(17)15-10-5-6-21(18,19)8-10/h5-7,10H,2-4,8H2,1H3,(H,15,17)/t10-/m0/s1. The molecule has 0 radical (unpaired) electrons. The highest BCUT2D eigenvalue weighted by Gasteiger charge is 2.26. The van der Waals surface area contributed by atoms with Gasteiger partial charge < -0.3 is 10.1 Å². The summed E-state index contributed by atoms with van der Waals surface area (Å²) in [7, 11) is -1.72. The fraction of sp³-hybridized carbons (Fsp3) is 0.429. The van der Waals surface area contributed by atoms with Crippen molar-refractivity contribution in [3.8, 4) is 5.88 Å². The van der Waals surface area contributed by atoms with E-state index in [2.05, 4.69) is 10.3 Å². The summed E-state index contributed by atoms with van der Waals surface area (Å²) in [5.41, 5.74) is 2.40. The molecule has 0 bridgehead atoms. The molecule has 2 heterocycles.